The SMILES string of the molecule is COc1cc([N+](=O)[O-])c(NCCOS(C)(=O)=O)c([N+](=O)[O-])c1. The second kappa shape index (κ2) is 7.00. The number of ether oxygens (including phenoxy) is 1. The molecule has 22 heavy (non-hydrogen) atoms. The molecule has 0 aliphatic rings. The summed E-state index contributed by atoms with van der Waals surface area (Å²) in [6, 6.07) is 2.04. The van der Waals surface area contributed by atoms with Crippen LogP contribution in [0.15, 0.2) is 12.1 Å². The maximum Gasteiger partial charge on any atom is 0.303 e. The first kappa shape index (κ1) is 17.6. The van der Waals surface area contributed by atoms with E-state index in [0.29, 0.717) is 0 Å². The first-order chi connectivity index (χ1) is 10.2. The topological polar surface area (TPSA) is 151 Å². The van der Waals surface area contributed by atoms with Crippen LogP contribution in [-0.2, 0) is 14.3 Å². The first-order valence-electron chi connectivity index (χ1n) is 5.75. The maximum atomic E-state index is 11.0. The number of nitro groups is 2. The molecule has 0 amide bonds. The Kier molecular flexibility index (Phi) is 5.59. The van der Waals surface area contributed by atoms with Crippen molar-refractivity contribution >= 4 is 27.2 Å². The van der Waals surface area contributed by atoms with Crippen LogP contribution in [0.1, 0.15) is 0 Å². The number of nitrogens with one attached hydrogen (secondary N) is 1. The number of hydrogen-bond donors (Lipinski definition) is 1. The molecule has 0 saturated heterocycles. The highest BCUT2D eigenvalue weighted by molar-refractivity contribution is 7.85. The van der Waals surface area contributed by atoms with E-state index in [-0.39, 0.29) is 24.6 Å². The Balaban J connectivity index is 3.09. The first-order valence-corrected chi connectivity index (χ1v) is 7.56. The fourth-order valence-corrected chi connectivity index (χ4v) is 1.93. The van der Waals surface area contributed by atoms with Gasteiger partial charge in [0.2, 0.25) is 0 Å². The van der Waals surface area contributed by atoms with Gasteiger partial charge >= 0.3 is 11.4 Å². The molecule has 0 unspecified atom stereocenters. The summed E-state index contributed by atoms with van der Waals surface area (Å²) in [7, 11) is -2.45. The van der Waals surface area contributed by atoms with E-state index in [1.54, 1.807) is 0 Å². The monoisotopic (exact) mass is 335 g/mol. The number of nitro benzene ring substituents is 2. The highest BCUT2D eigenvalue weighted by atomic mass is 32.2. The minimum Gasteiger partial charge on any atom is -0.496 e. The number of nitrogens with zero attached hydrogens (tertiary/aromatic N) is 2. The van der Waals surface area contributed by atoms with Crippen LogP contribution in [0.3, 0.4) is 0 Å². The molecule has 0 aliphatic heterocycles. The number of hydrogen-bond acceptors (Lipinski definition) is 9. The Labute approximate surface area is 125 Å². The van der Waals surface area contributed by atoms with E-state index < -0.39 is 31.3 Å². The zero-order valence-corrected chi connectivity index (χ0v) is 12.5. The molecule has 1 aromatic rings. The standard InChI is InChI=1S/C10H13N3O8S/c1-20-7-5-8(12(14)15)10(9(6-7)13(16)17)11-3-4-21-22(2,18)19/h5-6,11H,3-4H2,1-2H3. The average Bonchev–Trinajstić information content (AvgIpc) is 2.41. The fraction of sp³-hybridized carbons (Fsp3) is 0.400. The van der Waals surface area contributed by atoms with Gasteiger partial charge < -0.3 is 10.1 Å². The van der Waals surface area contributed by atoms with Crippen molar-refractivity contribution in [2.75, 3.05) is 31.8 Å². The van der Waals surface area contributed by atoms with Crippen molar-refractivity contribution in [3.8, 4) is 5.75 Å². The summed E-state index contributed by atoms with van der Waals surface area (Å²) in [4.78, 5) is 20.4. The van der Waals surface area contributed by atoms with Crippen molar-refractivity contribution in [3.05, 3.63) is 32.4 Å². The van der Waals surface area contributed by atoms with Crippen LogP contribution < -0.4 is 10.1 Å². The normalized spacial score (nSPS) is 11.0. The highest BCUT2D eigenvalue weighted by Crippen LogP contribution is 2.38. The van der Waals surface area contributed by atoms with Gasteiger partial charge in [-0.05, 0) is 0 Å². The third kappa shape index (κ3) is 4.82. The summed E-state index contributed by atoms with van der Waals surface area (Å²) in [5.41, 5.74) is -1.48. The van der Waals surface area contributed by atoms with Crippen molar-refractivity contribution in [2.24, 2.45) is 0 Å². The van der Waals surface area contributed by atoms with Gasteiger partial charge in [0.15, 0.2) is 5.69 Å². The second-order valence-electron chi connectivity index (χ2n) is 4.01. The Morgan fingerprint density at radius 2 is 1.68 bits per heavy atom. The summed E-state index contributed by atoms with van der Waals surface area (Å²) in [6.45, 7) is -0.514. The summed E-state index contributed by atoms with van der Waals surface area (Å²) in [5, 5.41) is 24.5. The minimum atomic E-state index is -3.67. The van der Waals surface area contributed by atoms with E-state index in [0.717, 1.165) is 18.4 Å². The van der Waals surface area contributed by atoms with E-state index in [1.807, 2.05) is 0 Å². The van der Waals surface area contributed by atoms with Gasteiger partial charge in [-0.3, -0.25) is 24.4 Å². The molecule has 1 aromatic carbocycles. The number of methoxy groups -OCH3 is 1. The molecule has 0 radical (unpaired) electrons. The quantitative estimate of drug-likeness (QED) is 0.316. The van der Waals surface area contributed by atoms with Crippen LogP contribution in [0.2, 0.25) is 0 Å². The lowest BCUT2D eigenvalue weighted by Gasteiger charge is -2.09. The molecule has 0 atom stereocenters. The van der Waals surface area contributed by atoms with Gasteiger partial charge in [0, 0.05) is 6.54 Å². The van der Waals surface area contributed by atoms with Gasteiger partial charge in [-0.1, -0.05) is 0 Å². The molecule has 0 spiro atoms. The van der Waals surface area contributed by atoms with Crippen molar-refractivity contribution in [1.82, 2.24) is 0 Å². The summed E-state index contributed by atoms with van der Waals surface area (Å²) < 4.78 is 30.8. The minimum absolute atomic E-state index is 0.0451. The van der Waals surface area contributed by atoms with Gasteiger partial charge in [0.05, 0.1) is 42.0 Å². The molecular formula is C10H13N3O8S. The largest absolute Gasteiger partial charge is 0.496 e. The van der Waals surface area contributed by atoms with Crippen LogP contribution in [0.4, 0.5) is 17.1 Å². The van der Waals surface area contributed by atoms with Gasteiger partial charge in [-0.2, -0.15) is 8.42 Å². The van der Waals surface area contributed by atoms with Gasteiger partial charge in [0.1, 0.15) is 5.75 Å². The third-order valence-electron chi connectivity index (χ3n) is 2.40. The predicted octanol–water partition coefficient (Wildman–Crippen LogP) is 0.900. The zero-order chi connectivity index (χ0) is 16.9. The molecule has 0 bridgehead atoms. The molecule has 122 valence electrons. The molecule has 0 heterocycles. The molecule has 0 aromatic heterocycles. The van der Waals surface area contributed by atoms with Gasteiger partial charge in [-0.15, -0.1) is 0 Å². The van der Waals surface area contributed by atoms with Crippen LogP contribution >= 0.6 is 0 Å². The van der Waals surface area contributed by atoms with Crippen molar-refractivity contribution in [3.63, 3.8) is 0 Å². The highest BCUT2D eigenvalue weighted by Gasteiger charge is 2.27. The molecular weight excluding hydrogens is 322 g/mol. The van der Waals surface area contributed by atoms with E-state index in [4.69, 9.17) is 4.74 Å². The number of anilines is 1. The fourth-order valence-electron chi connectivity index (χ4n) is 1.54. The smallest absolute Gasteiger partial charge is 0.303 e. The lowest BCUT2D eigenvalue weighted by Crippen LogP contribution is -2.14. The van der Waals surface area contributed by atoms with Crippen LogP contribution in [-0.4, -0.2) is 44.8 Å². The number of rotatable bonds is 8. The van der Waals surface area contributed by atoms with Crippen LogP contribution in [0, 0.1) is 20.2 Å². The van der Waals surface area contributed by atoms with Crippen LogP contribution in [0.25, 0.3) is 0 Å². The van der Waals surface area contributed by atoms with E-state index in [2.05, 4.69) is 9.50 Å². The summed E-state index contributed by atoms with van der Waals surface area (Å²) in [6.07, 6.45) is 0.839. The molecule has 12 heteroatoms. The predicted molar refractivity (Wildman–Crippen MR) is 75.6 cm³/mol. The molecule has 11 nitrogen and oxygen atoms in total. The third-order valence-corrected chi connectivity index (χ3v) is 3.00. The van der Waals surface area contributed by atoms with E-state index >= 15 is 0 Å². The molecule has 1 N–H and O–H groups in total. The van der Waals surface area contributed by atoms with Crippen molar-refractivity contribution < 1.29 is 27.2 Å². The Hall–Kier alpha value is -2.47. The Bertz CT molecular complexity index is 652. The zero-order valence-electron chi connectivity index (χ0n) is 11.6. The Morgan fingerprint density at radius 3 is 2.05 bits per heavy atom. The van der Waals surface area contributed by atoms with Crippen LogP contribution in [0.5, 0.6) is 5.75 Å². The van der Waals surface area contributed by atoms with E-state index in [1.165, 1.54) is 7.11 Å². The molecule has 0 saturated carbocycles. The van der Waals surface area contributed by atoms with Crippen molar-refractivity contribution in [2.45, 2.75) is 0 Å². The average molecular weight is 335 g/mol. The summed E-state index contributed by atoms with van der Waals surface area (Å²) >= 11 is 0. The lowest BCUT2D eigenvalue weighted by molar-refractivity contribution is -0.392. The number of benzene rings is 1. The second-order valence-corrected chi connectivity index (χ2v) is 5.65. The molecule has 0 aliphatic carbocycles. The molecule has 0 fully saturated rings. The summed E-state index contributed by atoms with van der Waals surface area (Å²) in [5.74, 6) is -0.0451. The van der Waals surface area contributed by atoms with Crippen molar-refractivity contribution in [1.29, 1.82) is 0 Å². The maximum absolute atomic E-state index is 11.0. The Morgan fingerprint density at radius 1 is 1.18 bits per heavy atom. The van der Waals surface area contributed by atoms with Gasteiger partial charge in [-0.25, -0.2) is 0 Å². The van der Waals surface area contributed by atoms with E-state index in [9.17, 15) is 28.6 Å². The molecule has 1 rings (SSSR count). The van der Waals surface area contributed by atoms with Gasteiger partial charge in [0.25, 0.3) is 10.1 Å². The lowest BCUT2D eigenvalue weighted by atomic mass is 10.2.